The summed E-state index contributed by atoms with van der Waals surface area (Å²) in [5, 5.41) is 8.29. The van der Waals surface area contributed by atoms with Gasteiger partial charge in [-0.25, -0.2) is 0 Å². The van der Waals surface area contributed by atoms with Crippen molar-refractivity contribution in [2.24, 2.45) is 0 Å². The van der Waals surface area contributed by atoms with Crippen LogP contribution in [-0.2, 0) is 4.79 Å². The lowest BCUT2D eigenvalue weighted by Crippen LogP contribution is -2.40. The van der Waals surface area contributed by atoms with E-state index in [0.29, 0.717) is 22.5 Å². The van der Waals surface area contributed by atoms with E-state index in [4.69, 9.17) is 0 Å². The zero-order valence-corrected chi connectivity index (χ0v) is 15.3. The second-order valence-electron chi connectivity index (χ2n) is 6.96. The third kappa shape index (κ3) is 5.44. The number of hydrogen-bond acceptors (Lipinski definition) is 3. The molecule has 2 aromatic carbocycles. The topological polar surface area (TPSA) is 87.3 Å². The van der Waals surface area contributed by atoms with E-state index in [0.717, 1.165) is 0 Å². The van der Waals surface area contributed by atoms with Crippen molar-refractivity contribution in [3.05, 3.63) is 59.7 Å². The van der Waals surface area contributed by atoms with Crippen LogP contribution in [0.3, 0.4) is 0 Å². The minimum absolute atomic E-state index is 0.180. The molecule has 0 aliphatic heterocycles. The molecule has 6 heteroatoms. The van der Waals surface area contributed by atoms with Gasteiger partial charge in [0.1, 0.15) is 0 Å². The molecule has 26 heavy (non-hydrogen) atoms. The molecule has 0 spiro atoms. The first-order valence-electron chi connectivity index (χ1n) is 8.26. The smallest absolute Gasteiger partial charge is 0.255 e. The van der Waals surface area contributed by atoms with Crippen LogP contribution >= 0.6 is 0 Å². The van der Waals surface area contributed by atoms with Crippen LogP contribution in [0.2, 0.25) is 0 Å². The van der Waals surface area contributed by atoms with Gasteiger partial charge in [-0.2, -0.15) is 0 Å². The predicted molar refractivity (Wildman–Crippen MR) is 102 cm³/mol. The summed E-state index contributed by atoms with van der Waals surface area (Å²) in [7, 11) is 0. The molecule has 3 N–H and O–H groups in total. The van der Waals surface area contributed by atoms with Gasteiger partial charge in [0.15, 0.2) is 0 Å². The van der Waals surface area contributed by atoms with Gasteiger partial charge in [-0.05, 0) is 57.2 Å². The SMILES string of the molecule is CC(=O)Nc1ccc(C(=O)Nc2ccccc2C(=O)NC(C)(C)C)cc1. The van der Waals surface area contributed by atoms with Gasteiger partial charge >= 0.3 is 0 Å². The summed E-state index contributed by atoms with van der Waals surface area (Å²) in [5.74, 6) is -0.772. The summed E-state index contributed by atoms with van der Waals surface area (Å²) in [6.07, 6.45) is 0. The van der Waals surface area contributed by atoms with Crippen molar-refractivity contribution in [2.45, 2.75) is 33.2 Å². The number of para-hydroxylation sites is 1. The average molecular weight is 353 g/mol. The third-order valence-corrected chi connectivity index (χ3v) is 3.38. The average Bonchev–Trinajstić information content (AvgIpc) is 2.53. The number of carbonyl (C=O) groups is 3. The lowest BCUT2D eigenvalue weighted by Gasteiger charge is -2.21. The van der Waals surface area contributed by atoms with E-state index >= 15 is 0 Å². The van der Waals surface area contributed by atoms with Crippen molar-refractivity contribution in [3.63, 3.8) is 0 Å². The first-order valence-corrected chi connectivity index (χ1v) is 8.26. The highest BCUT2D eigenvalue weighted by atomic mass is 16.2. The fourth-order valence-corrected chi connectivity index (χ4v) is 2.30. The summed E-state index contributed by atoms with van der Waals surface area (Å²) in [6.45, 7) is 7.09. The summed E-state index contributed by atoms with van der Waals surface area (Å²) < 4.78 is 0. The Morgan fingerprint density at radius 1 is 0.808 bits per heavy atom. The second kappa shape index (κ2) is 7.82. The molecule has 2 aromatic rings. The van der Waals surface area contributed by atoms with E-state index < -0.39 is 0 Å². The zero-order valence-electron chi connectivity index (χ0n) is 15.3. The molecule has 0 radical (unpaired) electrons. The Kier molecular flexibility index (Phi) is 5.77. The number of amides is 3. The summed E-state index contributed by atoms with van der Waals surface area (Å²) in [6, 6.07) is 13.4. The van der Waals surface area contributed by atoms with Crippen molar-refractivity contribution in [1.82, 2.24) is 5.32 Å². The fourth-order valence-electron chi connectivity index (χ4n) is 2.30. The molecule has 3 amide bonds. The monoisotopic (exact) mass is 353 g/mol. The first kappa shape index (κ1) is 19.2. The molecule has 0 bridgehead atoms. The van der Waals surface area contributed by atoms with Crippen LogP contribution in [0, 0.1) is 0 Å². The van der Waals surface area contributed by atoms with E-state index in [9.17, 15) is 14.4 Å². The lowest BCUT2D eigenvalue weighted by atomic mass is 10.1. The van der Waals surface area contributed by atoms with Gasteiger partial charge < -0.3 is 16.0 Å². The Morgan fingerprint density at radius 3 is 2.00 bits per heavy atom. The highest BCUT2D eigenvalue weighted by Gasteiger charge is 2.19. The van der Waals surface area contributed by atoms with Crippen LogP contribution in [0.5, 0.6) is 0 Å². The van der Waals surface area contributed by atoms with Gasteiger partial charge in [0.25, 0.3) is 11.8 Å². The summed E-state index contributed by atoms with van der Waals surface area (Å²) >= 11 is 0. The van der Waals surface area contributed by atoms with Crippen molar-refractivity contribution in [2.75, 3.05) is 10.6 Å². The molecule has 0 aromatic heterocycles. The van der Waals surface area contributed by atoms with E-state index in [-0.39, 0.29) is 23.3 Å². The molecule has 0 aliphatic rings. The maximum Gasteiger partial charge on any atom is 0.255 e. The van der Waals surface area contributed by atoms with Crippen LogP contribution in [0.1, 0.15) is 48.4 Å². The van der Waals surface area contributed by atoms with Crippen LogP contribution in [0.15, 0.2) is 48.5 Å². The first-order chi connectivity index (χ1) is 12.2. The van der Waals surface area contributed by atoms with Gasteiger partial charge in [0.2, 0.25) is 5.91 Å². The van der Waals surface area contributed by atoms with Crippen molar-refractivity contribution in [3.8, 4) is 0 Å². The van der Waals surface area contributed by atoms with Gasteiger partial charge in [-0.15, -0.1) is 0 Å². The highest BCUT2D eigenvalue weighted by molar-refractivity contribution is 6.09. The molecule has 136 valence electrons. The molecule has 0 saturated heterocycles. The molecule has 0 unspecified atom stereocenters. The second-order valence-corrected chi connectivity index (χ2v) is 6.96. The third-order valence-electron chi connectivity index (χ3n) is 3.38. The Bertz CT molecular complexity index is 821. The Morgan fingerprint density at radius 2 is 1.42 bits per heavy atom. The number of nitrogens with one attached hydrogen (secondary N) is 3. The minimum Gasteiger partial charge on any atom is -0.347 e. The molecule has 2 rings (SSSR count). The van der Waals surface area contributed by atoms with Gasteiger partial charge in [0.05, 0.1) is 11.3 Å². The zero-order chi connectivity index (χ0) is 19.3. The Balaban J connectivity index is 2.16. The minimum atomic E-state index is -0.381. The molecule has 0 saturated carbocycles. The molecule has 0 aliphatic carbocycles. The highest BCUT2D eigenvalue weighted by Crippen LogP contribution is 2.18. The predicted octanol–water partition coefficient (Wildman–Crippen LogP) is 3.43. The molecule has 0 heterocycles. The standard InChI is InChI=1S/C20H23N3O3/c1-13(24)21-15-11-9-14(10-12-15)18(25)22-17-8-6-5-7-16(17)19(26)23-20(2,3)4/h5-12H,1-4H3,(H,21,24)(H,22,25)(H,23,26). The molecular formula is C20H23N3O3. The van der Waals surface area contributed by atoms with E-state index in [2.05, 4.69) is 16.0 Å². The van der Waals surface area contributed by atoms with Crippen LogP contribution in [0.25, 0.3) is 0 Å². The number of carbonyl (C=O) groups excluding carboxylic acids is 3. The number of rotatable bonds is 4. The molecule has 0 fully saturated rings. The molecule has 0 atom stereocenters. The van der Waals surface area contributed by atoms with E-state index in [1.807, 2.05) is 20.8 Å². The number of anilines is 2. The van der Waals surface area contributed by atoms with Gasteiger partial charge in [-0.1, -0.05) is 12.1 Å². The molecular weight excluding hydrogens is 330 g/mol. The molecule has 6 nitrogen and oxygen atoms in total. The van der Waals surface area contributed by atoms with Gasteiger partial charge in [-0.3, -0.25) is 14.4 Å². The van der Waals surface area contributed by atoms with Crippen molar-refractivity contribution >= 4 is 29.1 Å². The van der Waals surface area contributed by atoms with Crippen LogP contribution < -0.4 is 16.0 Å². The van der Waals surface area contributed by atoms with E-state index in [1.165, 1.54) is 6.92 Å². The van der Waals surface area contributed by atoms with Crippen molar-refractivity contribution in [1.29, 1.82) is 0 Å². The summed E-state index contributed by atoms with van der Waals surface area (Å²) in [5.41, 5.74) is 1.48. The van der Waals surface area contributed by atoms with Crippen LogP contribution in [0.4, 0.5) is 11.4 Å². The maximum absolute atomic E-state index is 12.5. The maximum atomic E-state index is 12.5. The van der Waals surface area contributed by atoms with Crippen molar-refractivity contribution < 1.29 is 14.4 Å². The largest absolute Gasteiger partial charge is 0.347 e. The Hall–Kier alpha value is -3.15. The summed E-state index contributed by atoms with van der Waals surface area (Å²) in [4.78, 5) is 36.0. The quantitative estimate of drug-likeness (QED) is 0.787. The van der Waals surface area contributed by atoms with Gasteiger partial charge in [0, 0.05) is 23.7 Å². The van der Waals surface area contributed by atoms with E-state index in [1.54, 1.807) is 48.5 Å². The fraction of sp³-hybridized carbons (Fsp3) is 0.250. The lowest BCUT2D eigenvalue weighted by molar-refractivity contribution is -0.114. The Labute approximate surface area is 153 Å². The van der Waals surface area contributed by atoms with Crippen LogP contribution in [-0.4, -0.2) is 23.3 Å². The normalized spacial score (nSPS) is 10.8. The number of hydrogen-bond donors (Lipinski definition) is 3. The number of benzene rings is 2.